The molecule has 1 atom stereocenters. The molecule has 1 N–H and O–H groups in total. The number of nitrogens with zero attached hydrogens (tertiary/aromatic N) is 5. The standard InChI is InChI=1S/C26H30N6O3/c1-29-23-22(24(33)30(2)26(29)34)32(15-19-9-5-3-6-10-19)25(28-23)31-14-13-27-21(16-31)18-35-17-20-11-7-4-8-12-20/h3-12,21,27H,13-18H2,1-2H3/t21-/m0/s1. The predicted molar refractivity (Wildman–Crippen MR) is 136 cm³/mol. The summed E-state index contributed by atoms with van der Waals surface area (Å²) in [4.78, 5) is 32.8. The second-order valence-electron chi connectivity index (χ2n) is 8.96. The Kier molecular flexibility index (Phi) is 6.52. The highest BCUT2D eigenvalue weighted by Gasteiger charge is 2.27. The van der Waals surface area contributed by atoms with E-state index < -0.39 is 0 Å². The second-order valence-corrected chi connectivity index (χ2v) is 8.96. The number of hydrogen-bond acceptors (Lipinski definition) is 6. The molecule has 1 aliphatic heterocycles. The van der Waals surface area contributed by atoms with Crippen LogP contribution in [-0.4, -0.2) is 51.0 Å². The highest BCUT2D eigenvalue weighted by Crippen LogP contribution is 2.22. The van der Waals surface area contributed by atoms with Crippen molar-refractivity contribution in [2.24, 2.45) is 14.1 Å². The summed E-state index contributed by atoms with van der Waals surface area (Å²) < 4.78 is 10.5. The van der Waals surface area contributed by atoms with Crippen molar-refractivity contribution in [1.29, 1.82) is 0 Å². The van der Waals surface area contributed by atoms with Crippen molar-refractivity contribution in [1.82, 2.24) is 24.0 Å². The summed E-state index contributed by atoms with van der Waals surface area (Å²) in [6, 6.07) is 20.2. The number of aromatic nitrogens is 4. The van der Waals surface area contributed by atoms with Gasteiger partial charge in [-0.05, 0) is 11.1 Å². The molecule has 0 saturated carbocycles. The average molecular weight is 475 g/mol. The van der Waals surface area contributed by atoms with Crippen molar-refractivity contribution in [3.05, 3.63) is 92.6 Å². The quantitative estimate of drug-likeness (QED) is 0.437. The molecule has 1 aliphatic rings. The van der Waals surface area contributed by atoms with Crippen molar-refractivity contribution < 1.29 is 4.74 Å². The molecule has 5 rings (SSSR count). The first kappa shape index (κ1) is 23.1. The lowest BCUT2D eigenvalue weighted by Gasteiger charge is -2.34. The van der Waals surface area contributed by atoms with Gasteiger partial charge in [-0.15, -0.1) is 0 Å². The number of anilines is 1. The Labute approximate surface area is 203 Å². The molecule has 0 amide bonds. The van der Waals surface area contributed by atoms with Gasteiger partial charge in [0.05, 0.1) is 19.8 Å². The van der Waals surface area contributed by atoms with Gasteiger partial charge in [0.25, 0.3) is 5.56 Å². The van der Waals surface area contributed by atoms with E-state index >= 15 is 0 Å². The molecule has 0 bridgehead atoms. The lowest BCUT2D eigenvalue weighted by Crippen LogP contribution is -2.53. The van der Waals surface area contributed by atoms with Crippen LogP contribution in [0.15, 0.2) is 70.3 Å². The van der Waals surface area contributed by atoms with Crippen molar-refractivity contribution in [2.45, 2.75) is 19.2 Å². The van der Waals surface area contributed by atoms with Crippen molar-refractivity contribution in [3.63, 3.8) is 0 Å². The van der Waals surface area contributed by atoms with Crippen molar-refractivity contribution in [2.75, 3.05) is 31.1 Å². The van der Waals surface area contributed by atoms with E-state index in [0.717, 1.165) is 28.8 Å². The van der Waals surface area contributed by atoms with Gasteiger partial charge in [0.1, 0.15) is 0 Å². The molecule has 3 heterocycles. The molecule has 9 nitrogen and oxygen atoms in total. The first-order valence-corrected chi connectivity index (χ1v) is 11.8. The number of nitrogens with one attached hydrogen (secondary N) is 1. The third kappa shape index (κ3) is 4.65. The van der Waals surface area contributed by atoms with E-state index in [0.29, 0.717) is 43.4 Å². The Morgan fingerprint density at radius 2 is 1.66 bits per heavy atom. The average Bonchev–Trinajstić information content (AvgIpc) is 3.27. The number of aryl methyl sites for hydroxylation is 1. The number of piperazine rings is 1. The lowest BCUT2D eigenvalue weighted by atomic mass is 10.2. The smallest absolute Gasteiger partial charge is 0.332 e. The fraction of sp³-hybridized carbons (Fsp3) is 0.346. The molecule has 0 radical (unpaired) electrons. The molecule has 1 fully saturated rings. The molecule has 35 heavy (non-hydrogen) atoms. The topological polar surface area (TPSA) is 86.3 Å². The molecule has 2 aromatic carbocycles. The summed E-state index contributed by atoms with van der Waals surface area (Å²) >= 11 is 0. The SMILES string of the molecule is Cn1c(=O)c2c(nc(N3CCN[C@H](COCc4ccccc4)C3)n2Cc2ccccc2)n(C)c1=O. The fourth-order valence-corrected chi connectivity index (χ4v) is 4.60. The summed E-state index contributed by atoms with van der Waals surface area (Å²) in [5.41, 5.74) is 2.31. The summed E-state index contributed by atoms with van der Waals surface area (Å²) in [6.45, 7) is 3.79. The zero-order valence-corrected chi connectivity index (χ0v) is 20.1. The largest absolute Gasteiger partial charge is 0.375 e. The van der Waals surface area contributed by atoms with Gasteiger partial charge < -0.3 is 15.0 Å². The monoisotopic (exact) mass is 474 g/mol. The number of rotatable bonds is 7. The Morgan fingerprint density at radius 1 is 0.971 bits per heavy atom. The molecule has 4 aromatic rings. The number of ether oxygens (including phenoxy) is 1. The van der Waals surface area contributed by atoms with Crippen LogP contribution >= 0.6 is 0 Å². The van der Waals surface area contributed by atoms with E-state index in [-0.39, 0.29) is 17.3 Å². The molecule has 1 saturated heterocycles. The van der Waals surface area contributed by atoms with Crippen molar-refractivity contribution >= 4 is 17.1 Å². The Hall–Kier alpha value is -3.69. The van der Waals surface area contributed by atoms with Gasteiger partial charge in [-0.1, -0.05) is 60.7 Å². The van der Waals surface area contributed by atoms with E-state index in [4.69, 9.17) is 9.72 Å². The Balaban J connectivity index is 1.46. The minimum Gasteiger partial charge on any atom is -0.375 e. The van der Waals surface area contributed by atoms with Gasteiger partial charge >= 0.3 is 5.69 Å². The zero-order chi connectivity index (χ0) is 24.4. The van der Waals surface area contributed by atoms with Crippen LogP contribution in [0.5, 0.6) is 0 Å². The minimum atomic E-state index is -0.383. The van der Waals surface area contributed by atoms with Gasteiger partial charge in [-0.25, -0.2) is 4.79 Å². The molecule has 0 aliphatic carbocycles. The third-order valence-electron chi connectivity index (χ3n) is 6.48. The lowest BCUT2D eigenvalue weighted by molar-refractivity contribution is 0.0970. The number of fused-ring (bicyclic) bond motifs is 1. The maximum absolute atomic E-state index is 13.2. The van der Waals surface area contributed by atoms with Gasteiger partial charge in [0, 0.05) is 39.8 Å². The normalized spacial score (nSPS) is 16.2. The van der Waals surface area contributed by atoms with Crippen molar-refractivity contribution in [3.8, 4) is 0 Å². The van der Waals surface area contributed by atoms with Gasteiger partial charge in [0.2, 0.25) is 5.95 Å². The molecule has 9 heteroatoms. The first-order valence-electron chi connectivity index (χ1n) is 11.8. The van der Waals surface area contributed by atoms with E-state index in [1.807, 2.05) is 53.1 Å². The van der Waals surface area contributed by atoms with Gasteiger partial charge in [0.15, 0.2) is 11.2 Å². The molecule has 2 aromatic heterocycles. The molecule has 0 unspecified atom stereocenters. The van der Waals surface area contributed by atoms with E-state index in [1.165, 1.54) is 11.6 Å². The summed E-state index contributed by atoms with van der Waals surface area (Å²) in [6.07, 6.45) is 0. The highest BCUT2D eigenvalue weighted by atomic mass is 16.5. The fourth-order valence-electron chi connectivity index (χ4n) is 4.60. The summed E-state index contributed by atoms with van der Waals surface area (Å²) in [7, 11) is 3.17. The van der Waals surface area contributed by atoms with E-state index in [1.54, 1.807) is 7.05 Å². The predicted octanol–water partition coefficient (Wildman–Crippen LogP) is 1.48. The van der Waals surface area contributed by atoms with Crippen LogP contribution in [0, 0.1) is 0 Å². The van der Waals surface area contributed by atoms with Crippen LogP contribution in [0.2, 0.25) is 0 Å². The maximum atomic E-state index is 13.2. The van der Waals surface area contributed by atoms with Crippen LogP contribution in [0.1, 0.15) is 11.1 Å². The zero-order valence-electron chi connectivity index (χ0n) is 20.1. The van der Waals surface area contributed by atoms with E-state index in [9.17, 15) is 9.59 Å². The van der Waals surface area contributed by atoms with Crippen LogP contribution < -0.4 is 21.5 Å². The highest BCUT2D eigenvalue weighted by molar-refractivity contribution is 5.75. The summed E-state index contributed by atoms with van der Waals surface area (Å²) in [5.74, 6) is 0.691. The Bertz CT molecular complexity index is 1420. The van der Waals surface area contributed by atoms with Gasteiger partial charge in [-0.2, -0.15) is 4.98 Å². The number of hydrogen-bond donors (Lipinski definition) is 1. The molecule has 0 spiro atoms. The third-order valence-corrected chi connectivity index (χ3v) is 6.48. The maximum Gasteiger partial charge on any atom is 0.332 e. The first-order chi connectivity index (χ1) is 17.0. The minimum absolute atomic E-state index is 0.115. The summed E-state index contributed by atoms with van der Waals surface area (Å²) in [5, 5.41) is 3.52. The van der Waals surface area contributed by atoms with Crippen LogP contribution in [0.25, 0.3) is 11.2 Å². The Morgan fingerprint density at radius 3 is 2.37 bits per heavy atom. The van der Waals surface area contributed by atoms with Crippen LogP contribution in [0.3, 0.4) is 0 Å². The van der Waals surface area contributed by atoms with Gasteiger partial charge in [-0.3, -0.25) is 18.5 Å². The van der Waals surface area contributed by atoms with Crippen LogP contribution in [0.4, 0.5) is 5.95 Å². The van der Waals surface area contributed by atoms with E-state index in [2.05, 4.69) is 22.3 Å². The molecule has 182 valence electrons. The van der Waals surface area contributed by atoms with Crippen LogP contribution in [-0.2, 0) is 32.0 Å². The number of imidazole rings is 1. The number of benzene rings is 2. The second kappa shape index (κ2) is 9.89. The molecular weight excluding hydrogens is 444 g/mol. The molecular formula is C26H30N6O3.